The first-order chi connectivity index (χ1) is 12.7. The summed E-state index contributed by atoms with van der Waals surface area (Å²) in [5, 5.41) is 4.79. The minimum Gasteiger partial charge on any atom is -0.488 e. The fraction of sp³-hybridized carbons (Fsp3) is 0.0476. The largest absolute Gasteiger partial charge is 0.488 e. The predicted octanol–water partition coefficient (Wildman–Crippen LogP) is 4.91. The number of ether oxygens (including phenoxy) is 1. The number of carbonyl (C=O) groups is 1. The van der Waals surface area contributed by atoms with E-state index in [0.717, 1.165) is 27.6 Å². The Kier molecular flexibility index (Phi) is 4.73. The summed E-state index contributed by atoms with van der Waals surface area (Å²) in [5.74, 6) is 0.577. The van der Waals surface area contributed by atoms with Gasteiger partial charge in [-0.15, -0.1) is 0 Å². The molecule has 1 aliphatic rings. The summed E-state index contributed by atoms with van der Waals surface area (Å²) in [6.45, 7) is 0.465. The van der Waals surface area contributed by atoms with Gasteiger partial charge in [0.2, 0.25) is 0 Å². The molecule has 128 valence electrons. The Labute approximate surface area is 161 Å². The van der Waals surface area contributed by atoms with E-state index in [1.54, 1.807) is 0 Å². The van der Waals surface area contributed by atoms with Crippen LogP contribution < -0.4 is 10.1 Å². The van der Waals surface area contributed by atoms with Crippen LogP contribution in [0, 0.1) is 0 Å². The van der Waals surface area contributed by atoms with Crippen molar-refractivity contribution in [3.8, 4) is 5.75 Å². The Morgan fingerprint density at radius 2 is 1.77 bits per heavy atom. The molecule has 1 amide bonds. The molecule has 1 N–H and O–H groups in total. The standard InChI is InChI=1S/C21H15NO2S2/c23-20-19(26-21(25)22-20)12-17-16-9-5-4-8-15(16)10-11-18(17)24-13-14-6-2-1-3-7-14/h1-12H,13H2,(H,22,23,25)/b19-12+. The second-order valence-corrected chi connectivity index (χ2v) is 7.54. The van der Waals surface area contributed by atoms with Crippen molar-refractivity contribution in [2.24, 2.45) is 0 Å². The van der Waals surface area contributed by atoms with Crippen LogP contribution in [0.4, 0.5) is 0 Å². The van der Waals surface area contributed by atoms with Gasteiger partial charge >= 0.3 is 0 Å². The molecule has 0 aromatic heterocycles. The summed E-state index contributed by atoms with van der Waals surface area (Å²) in [6, 6.07) is 22.1. The van der Waals surface area contributed by atoms with Gasteiger partial charge in [0.25, 0.3) is 5.91 Å². The van der Waals surface area contributed by atoms with E-state index in [9.17, 15) is 4.79 Å². The zero-order chi connectivity index (χ0) is 17.9. The van der Waals surface area contributed by atoms with Gasteiger partial charge in [-0.1, -0.05) is 84.6 Å². The lowest BCUT2D eigenvalue weighted by molar-refractivity contribution is -0.115. The van der Waals surface area contributed by atoms with Crippen molar-refractivity contribution in [1.82, 2.24) is 5.32 Å². The van der Waals surface area contributed by atoms with Crippen LogP contribution in [0.1, 0.15) is 11.1 Å². The van der Waals surface area contributed by atoms with Crippen LogP contribution in [-0.2, 0) is 11.4 Å². The van der Waals surface area contributed by atoms with Crippen LogP contribution in [0.2, 0.25) is 0 Å². The van der Waals surface area contributed by atoms with E-state index in [0.29, 0.717) is 15.8 Å². The number of thioether (sulfide) groups is 1. The molecule has 3 nitrogen and oxygen atoms in total. The highest BCUT2D eigenvalue weighted by molar-refractivity contribution is 8.26. The topological polar surface area (TPSA) is 38.3 Å². The van der Waals surface area contributed by atoms with E-state index in [1.165, 1.54) is 11.8 Å². The number of fused-ring (bicyclic) bond motifs is 1. The van der Waals surface area contributed by atoms with Crippen molar-refractivity contribution in [3.05, 3.63) is 82.8 Å². The van der Waals surface area contributed by atoms with E-state index in [2.05, 4.69) is 5.32 Å². The molecular weight excluding hydrogens is 362 g/mol. The van der Waals surface area contributed by atoms with Crippen molar-refractivity contribution in [2.75, 3.05) is 0 Å². The van der Waals surface area contributed by atoms with Crippen LogP contribution >= 0.6 is 24.0 Å². The molecule has 4 rings (SSSR count). The summed E-state index contributed by atoms with van der Waals surface area (Å²) in [7, 11) is 0. The number of thiocarbonyl (C=S) groups is 1. The normalized spacial score (nSPS) is 15.5. The monoisotopic (exact) mass is 377 g/mol. The van der Waals surface area contributed by atoms with Crippen molar-refractivity contribution in [1.29, 1.82) is 0 Å². The summed E-state index contributed by atoms with van der Waals surface area (Å²) in [6.07, 6.45) is 1.86. The predicted molar refractivity (Wildman–Crippen MR) is 111 cm³/mol. The molecule has 1 aliphatic heterocycles. The van der Waals surface area contributed by atoms with Gasteiger partial charge in [0.1, 0.15) is 16.7 Å². The van der Waals surface area contributed by atoms with Gasteiger partial charge in [0, 0.05) is 5.56 Å². The molecule has 0 bridgehead atoms. The number of nitrogens with one attached hydrogen (secondary N) is 1. The summed E-state index contributed by atoms with van der Waals surface area (Å²) in [4.78, 5) is 12.7. The second-order valence-electron chi connectivity index (χ2n) is 5.83. The molecule has 0 unspecified atom stereocenters. The average Bonchev–Trinajstić information content (AvgIpc) is 2.99. The third kappa shape index (κ3) is 3.49. The lowest BCUT2D eigenvalue weighted by Gasteiger charge is -2.12. The van der Waals surface area contributed by atoms with Gasteiger partial charge in [-0.2, -0.15) is 0 Å². The first kappa shape index (κ1) is 16.8. The van der Waals surface area contributed by atoms with E-state index in [1.807, 2.05) is 72.8 Å². The number of rotatable bonds is 4. The molecule has 5 heteroatoms. The zero-order valence-electron chi connectivity index (χ0n) is 13.8. The molecule has 26 heavy (non-hydrogen) atoms. The average molecular weight is 377 g/mol. The third-order valence-corrected chi connectivity index (χ3v) is 5.25. The minimum absolute atomic E-state index is 0.165. The van der Waals surface area contributed by atoms with Crippen molar-refractivity contribution in [3.63, 3.8) is 0 Å². The quantitative estimate of drug-likeness (QED) is 0.518. The van der Waals surface area contributed by atoms with E-state index in [4.69, 9.17) is 17.0 Å². The summed E-state index contributed by atoms with van der Waals surface area (Å²) >= 11 is 6.37. The highest BCUT2D eigenvalue weighted by Gasteiger charge is 2.23. The molecule has 0 atom stereocenters. The number of hydrogen-bond acceptors (Lipinski definition) is 4. The molecule has 0 saturated carbocycles. The van der Waals surface area contributed by atoms with Gasteiger partial charge in [-0.3, -0.25) is 4.79 Å². The van der Waals surface area contributed by atoms with Crippen molar-refractivity contribution < 1.29 is 9.53 Å². The van der Waals surface area contributed by atoms with Gasteiger partial charge in [-0.05, 0) is 28.5 Å². The molecule has 0 radical (unpaired) electrons. The van der Waals surface area contributed by atoms with E-state index >= 15 is 0 Å². The fourth-order valence-electron chi connectivity index (χ4n) is 2.84. The first-order valence-electron chi connectivity index (χ1n) is 8.14. The van der Waals surface area contributed by atoms with Crippen LogP contribution in [0.3, 0.4) is 0 Å². The highest BCUT2D eigenvalue weighted by Crippen LogP contribution is 2.34. The zero-order valence-corrected chi connectivity index (χ0v) is 15.4. The van der Waals surface area contributed by atoms with Crippen LogP contribution in [0.15, 0.2) is 71.6 Å². The molecule has 3 aromatic rings. The molecule has 1 heterocycles. The molecular formula is C21H15NO2S2. The minimum atomic E-state index is -0.165. The lowest BCUT2D eigenvalue weighted by Crippen LogP contribution is -2.17. The molecule has 1 saturated heterocycles. The van der Waals surface area contributed by atoms with Gasteiger partial charge in [0.05, 0.1) is 4.91 Å². The Bertz CT molecular complexity index is 1030. The van der Waals surface area contributed by atoms with Crippen LogP contribution in [-0.4, -0.2) is 10.2 Å². The number of hydrogen-bond donors (Lipinski definition) is 1. The molecule has 0 spiro atoms. The fourth-order valence-corrected chi connectivity index (χ4v) is 3.86. The maximum Gasteiger partial charge on any atom is 0.263 e. The van der Waals surface area contributed by atoms with Crippen molar-refractivity contribution >= 4 is 51.1 Å². The maximum atomic E-state index is 12.1. The lowest BCUT2D eigenvalue weighted by atomic mass is 10.0. The molecule has 0 aliphatic carbocycles. The van der Waals surface area contributed by atoms with Crippen LogP contribution in [0.25, 0.3) is 16.8 Å². The van der Waals surface area contributed by atoms with E-state index in [-0.39, 0.29) is 5.91 Å². The third-order valence-electron chi connectivity index (χ3n) is 4.09. The Hall–Kier alpha value is -2.63. The summed E-state index contributed by atoms with van der Waals surface area (Å²) < 4.78 is 6.57. The maximum absolute atomic E-state index is 12.1. The SMILES string of the molecule is O=C1NC(=S)S/C1=C/c1c(OCc2ccccc2)ccc2ccccc12. The highest BCUT2D eigenvalue weighted by atomic mass is 32.2. The Morgan fingerprint density at radius 1 is 1.00 bits per heavy atom. The Balaban J connectivity index is 1.76. The number of amides is 1. The summed E-state index contributed by atoms with van der Waals surface area (Å²) in [5.41, 5.74) is 1.98. The first-order valence-corrected chi connectivity index (χ1v) is 9.36. The second kappa shape index (κ2) is 7.32. The number of benzene rings is 3. The molecule has 3 aromatic carbocycles. The van der Waals surface area contributed by atoms with Gasteiger partial charge < -0.3 is 10.1 Å². The van der Waals surface area contributed by atoms with Gasteiger partial charge in [0.15, 0.2) is 0 Å². The smallest absolute Gasteiger partial charge is 0.263 e. The van der Waals surface area contributed by atoms with Crippen molar-refractivity contribution in [2.45, 2.75) is 6.61 Å². The number of carbonyl (C=O) groups excluding carboxylic acids is 1. The van der Waals surface area contributed by atoms with Gasteiger partial charge in [-0.25, -0.2) is 0 Å². The van der Waals surface area contributed by atoms with E-state index < -0.39 is 0 Å². The molecule has 1 fully saturated rings. The van der Waals surface area contributed by atoms with Crippen LogP contribution in [0.5, 0.6) is 5.75 Å². The Morgan fingerprint density at radius 3 is 2.54 bits per heavy atom.